The lowest BCUT2D eigenvalue weighted by Crippen LogP contribution is -2.43. The van der Waals surface area contributed by atoms with E-state index in [9.17, 15) is 12.8 Å². The fourth-order valence-corrected chi connectivity index (χ4v) is 4.49. The standard InChI is InChI=1S/C18H20FNO4S/c1-3-20(25(21,22)18-10-14(19)9-8-13(18)2)11-15-12-23-16-6-4-5-7-17(16)24-15/h4-10,15H,3,11-12H2,1-2H3. The summed E-state index contributed by atoms with van der Waals surface area (Å²) < 4.78 is 52.1. The van der Waals surface area contributed by atoms with Crippen LogP contribution in [0.5, 0.6) is 11.5 Å². The molecule has 0 aliphatic carbocycles. The molecule has 0 amide bonds. The first-order valence-corrected chi connectivity index (χ1v) is 9.50. The maximum absolute atomic E-state index is 13.5. The molecule has 0 fully saturated rings. The first kappa shape index (κ1) is 17.7. The van der Waals surface area contributed by atoms with Gasteiger partial charge >= 0.3 is 0 Å². The van der Waals surface area contributed by atoms with Crippen molar-refractivity contribution >= 4 is 10.0 Å². The summed E-state index contributed by atoms with van der Waals surface area (Å²) in [6.07, 6.45) is -0.432. The second-order valence-electron chi connectivity index (χ2n) is 5.86. The highest BCUT2D eigenvalue weighted by Gasteiger charge is 2.30. The van der Waals surface area contributed by atoms with Gasteiger partial charge in [-0.2, -0.15) is 4.31 Å². The van der Waals surface area contributed by atoms with Crippen LogP contribution in [-0.2, 0) is 10.0 Å². The van der Waals surface area contributed by atoms with E-state index < -0.39 is 21.9 Å². The highest BCUT2D eigenvalue weighted by molar-refractivity contribution is 7.89. The maximum atomic E-state index is 13.5. The summed E-state index contributed by atoms with van der Waals surface area (Å²) in [6, 6.07) is 11.0. The van der Waals surface area contributed by atoms with Gasteiger partial charge in [0.15, 0.2) is 11.5 Å². The van der Waals surface area contributed by atoms with E-state index in [0.29, 0.717) is 17.1 Å². The minimum Gasteiger partial charge on any atom is -0.486 e. The molecule has 0 saturated carbocycles. The largest absolute Gasteiger partial charge is 0.486 e. The molecule has 2 aromatic rings. The molecule has 5 nitrogen and oxygen atoms in total. The van der Waals surface area contributed by atoms with Crippen molar-refractivity contribution in [1.29, 1.82) is 0 Å². The van der Waals surface area contributed by atoms with E-state index in [1.807, 2.05) is 12.1 Å². The Morgan fingerprint density at radius 3 is 2.64 bits per heavy atom. The number of benzene rings is 2. The minimum atomic E-state index is -3.82. The highest BCUT2D eigenvalue weighted by atomic mass is 32.2. The van der Waals surface area contributed by atoms with Crippen LogP contribution >= 0.6 is 0 Å². The van der Waals surface area contributed by atoms with Crippen LogP contribution in [-0.4, -0.2) is 38.5 Å². The molecule has 1 aliphatic heterocycles. The molecule has 1 heterocycles. The van der Waals surface area contributed by atoms with E-state index in [1.54, 1.807) is 26.0 Å². The van der Waals surface area contributed by atoms with Crippen LogP contribution < -0.4 is 9.47 Å². The van der Waals surface area contributed by atoms with Crippen molar-refractivity contribution in [2.75, 3.05) is 19.7 Å². The van der Waals surface area contributed by atoms with Gasteiger partial charge in [-0.05, 0) is 36.8 Å². The number of fused-ring (bicyclic) bond motifs is 1. The second kappa shape index (κ2) is 7.01. The number of sulfonamides is 1. The Balaban J connectivity index is 1.82. The Hall–Kier alpha value is -2.12. The lowest BCUT2D eigenvalue weighted by atomic mass is 10.2. The molecular weight excluding hydrogens is 345 g/mol. The van der Waals surface area contributed by atoms with Gasteiger partial charge in [0.1, 0.15) is 18.5 Å². The zero-order valence-corrected chi connectivity index (χ0v) is 14.9. The molecule has 0 bridgehead atoms. The Kier molecular flexibility index (Phi) is 4.96. The minimum absolute atomic E-state index is 0.0218. The summed E-state index contributed by atoms with van der Waals surface area (Å²) in [5.74, 6) is 0.658. The molecule has 0 saturated heterocycles. The van der Waals surface area contributed by atoms with Crippen molar-refractivity contribution in [3.05, 3.63) is 53.8 Å². The second-order valence-corrected chi connectivity index (χ2v) is 7.77. The van der Waals surface area contributed by atoms with Gasteiger partial charge in [-0.15, -0.1) is 0 Å². The van der Waals surface area contributed by atoms with Crippen LogP contribution in [0.4, 0.5) is 4.39 Å². The number of hydrogen-bond acceptors (Lipinski definition) is 4. The van der Waals surface area contributed by atoms with Crippen LogP contribution in [0, 0.1) is 12.7 Å². The summed E-state index contributed by atoms with van der Waals surface area (Å²) in [6.45, 7) is 4.02. The predicted molar refractivity (Wildman–Crippen MR) is 91.9 cm³/mol. The quantitative estimate of drug-likeness (QED) is 0.817. The molecule has 0 radical (unpaired) electrons. The first-order chi connectivity index (χ1) is 11.9. The molecule has 0 N–H and O–H groups in total. The number of para-hydroxylation sites is 2. The molecular formula is C18H20FNO4S. The molecule has 1 unspecified atom stereocenters. The van der Waals surface area contributed by atoms with Crippen molar-refractivity contribution in [1.82, 2.24) is 4.31 Å². The van der Waals surface area contributed by atoms with E-state index >= 15 is 0 Å². The lowest BCUT2D eigenvalue weighted by molar-refractivity contribution is 0.0771. The predicted octanol–water partition coefficient (Wildman–Crippen LogP) is 2.98. The highest BCUT2D eigenvalue weighted by Crippen LogP contribution is 2.31. The molecule has 134 valence electrons. The zero-order valence-electron chi connectivity index (χ0n) is 14.1. The van der Waals surface area contributed by atoms with Crippen LogP contribution in [0.25, 0.3) is 0 Å². The number of aryl methyl sites for hydroxylation is 1. The van der Waals surface area contributed by atoms with Crippen molar-refractivity contribution in [2.24, 2.45) is 0 Å². The van der Waals surface area contributed by atoms with Gasteiger partial charge < -0.3 is 9.47 Å². The molecule has 1 aliphatic rings. The van der Waals surface area contributed by atoms with Gasteiger partial charge in [-0.25, -0.2) is 12.8 Å². The van der Waals surface area contributed by atoms with Crippen LogP contribution in [0.15, 0.2) is 47.4 Å². The fraction of sp³-hybridized carbons (Fsp3) is 0.333. The van der Waals surface area contributed by atoms with E-state index in [-0.39, 0.29) is 24.6 Å². The maximum Gasteiger partial charge on any atom is 0.243 e. The number of nitrogens with zero attached hydrogens (tertiary/aromatic N) is 1. The van der Waals surface area contributed by atoms with Crippen LogP contribution in [0.1, 0.15) is 12.5 Å². The van der Waals surface area contributed by atoms with E-state index in [0.717, 1.165) is 6.07 Å². The topological polar surface area (TPSA) is 55.8 Å². The van der Waals surface area contributed by atoms with Crippen molar-refractivity contribution < 1.29 is 22.3 Å². The summed E-state index contributed by atoms with van der Waals surface area (Å²) >= 11 is 0. The molecule has 2 aromatic carbocycles. The molecule has 0 aromatic heterocycles. The number of likely N-dealkylation sites (N-methyl/N-ethyl adjacent to an activating group) is 1. The molecule has 25 heavy (non-hydrogen) atoms. The number of ether oxygens (including phenoxy) is 2. The number of rotatable bonds is 5. The zero-order chi connectivity index (χ0) is 18.0. The van der Waals surface area contributed by atoms with Gasteiger partial charge in [0.2, 0.25) is 10.0 Å². The third-order valence-electron chi connectivity index (χ3n) is 4.10. The van der Waals surface area contributed by atoms with Crippen LogP contribution in [0.3, 0.4) is 0 Å². The Labute approximate surface area is 147 Å². The average molecular weight is 365 g/mol. The number of hydrogen-bond donors (Lipinski definition) is 0. The summed E-state index contributed by atoms with van der Waals surface area (Å²) in [4.78, 5) is -0.0218. The number of halogens is 1. The van der Waals surface area contributed by atoms with E-state index in [2.05, 4.69) is 0 Å². The first-order valence-electron chi connectivity index (χ1n) is 8.06. The van der Waals surface area contributed by atoms with Crippen molar-refractivity contribution in [3.63, 3.8) is 0 Å². The Bertz CT molecular complexity index is 869. The van der Waals surface area contributed by atoms with Gasteiger partial charge in [0.05, 0.1) is 11.4 Å². The van der Waals surface area contributed by atoms with Gasteiger partial charge in [0, 0.05) is 6.54 Å². The molecule has 7 heteroatoms. The van der Waals surface area contributed by atoms with Gasteiger partial charge in [-0.3, -0.25) is 0 Å². The third-order valence-corrected chi connectivity index (χ3v) is 6.18. The van der Waals surface area contributed by atoms with Crippen molar-refractivity contribution in [2.45, 2.75) is 24.8 Å². The van der Waals surface area contributed by atoms with Crippen LogP contribution in [0.2, 0.25) is 0 Å². The fourth-order valence-electron chi connectivity index (χ4n) is 2.77. The monoisotopic (exact) mass is 365 g/mol. The summed E-state index contributed by atoms with van der Waals surface area (Å²) in [5, 5.41) is 0. The summed E-state index contributed by atoms with van der Waals surface area (Å²) in [5.41, 5.74) is 0.506. The third kappa shape index (κ3) is 3.62. The Morgan fingerprint density at radius 2 is 1.92 bits per heavy atom. The van der Waals surface area contributed by atoms with Crippen molar-refractivity contribution in [3.8, 4) is 11.5 Å². The van der Waals surface area contributed by atoms with Gasteiger partial charge in [0.25, 0.3) is 0 Å². The summed E-state index contributed by atoms with van der Waals surface area (Å²) in [7, 11) is -3.82. The Morgan fingerprint density at radius 1 is 1.20 bits per heavy atom. The lowest BCUT2D eigenvalue weighted by Gasteiger charge is -2.30. The smallest absolute Gasteiger partial charge is 0.243 e. The molecule has 3 rings (SSSR count). The normalized spacial score (nSPS) is 16.9. The SMILES string of the molecule is CCN(CC1COc2ccccc2O1)S(=O)(=O)c1cc(F)ccc1C. The van der Waals surface area contributed by atoms with E-state index in [4.69, 9.17) is 9.47 Å². The van der Waals surface area contributed by atoms with Gasteiger partial charge in [-0.1, -0.05) is 25.1 Å². The molecule has 0 spiro atoms. The molecule has 1 atom stereocenters. The average Bonchev–Trinajstić information content (AvgIpc) is 2.61. The van der Waals surface area contributed by atoms with E-state index in [1.165, 1.54) is 16.4 Å².